The first-order valence-electron chi connectivity index (χ1n) is 6.67. The van der Waals surface area contributed by atoms with Crippen LogP contribution in [-0.4, -0.2) is 15.7 Å². The highest BCUT2D eigenvalue weighted by molar-refractivity contribution is 6.39. The van der Waals surface area contributed by atoms with Crippen molar-refractivity contribution < 1.29 is 22.7 Å². The Labute approximate surface area is 145 Å². The van der Waals surface area contributed by atoms with Crippen molar-refractivity contribution in [1.29, 1.82) is 0 Å². The number of nitrogens with two attached hydrogens (primary N) is 1. The predicted molar refractivity (Wildman–Crippen MR) is 82.7 cm³/mol. The van der Waals surface area contributed by atoms with Crippen LogP contribution in [0.5, 0.6) is 11.6 Å². The van der Waals surface area contributed by atoms with Crippen molar-refractivity contribution in [2.24, 2.45) is 5.73 Å². The fraction of sp³-hybridized carbons (Fsp3) is 0.286. The Morgan fingerprint density at radius 3 is 2.46 bits per heavy atom. The second-order valence-electron chi connectivity index (χ2n) is 4.83. The number of benzene rings is 1. The van der Waals surface area contributed by atoms with Crippen molar-refractivity contribution in [2.45, 2.75) is 26.6 Å². The minimum absolute atomic E-state index is 0.0772. The summed E-state index contributed by atoms with van der Waals surface area (Å²) in [5.41, 5.74) is 3.56. The number of hydrogen-bond acceptors (Lipinski definition) is 3. The van der Waals surface area contributed by atoms with Crippen LogP contribution in [0.4, 0.5) is 13.2 Å². The number of aryl methyl sites for hydroxylation is 2. The molecule has 10 heteroatoms. The molecule has 0 radical (unpaired) electrons. The molecule has 0 saturated heterocycles. The van der Waals surface area contributed by atoms with Crippen LogP contribution in [0.25, 0.3) is 0 Å². The van der Waals surface area contributed by atoms with E-state index in [0.29, 0.717) is 12.6 Å². The number of alkyl halides is 3. The molecule has 0 spiro atoms. The van der Waals surface area contributed by atoms with E-state index >= 15 is 0 Å². The summed E-state index contributed by atoms with van der Waals surface area (Å²) in [6.45, 7) is 4.19. The van der Waals surface area contributed by atoms with Crippen LogP contribution in [0, 0.1) is 6.92 Å². The summed E-state index contributed by atoms with van der Waals surface area (Å²) in [6, 6.07) is 2.10. The van der Waals surface area contributed by atoms with Gasteiger partial charge in [-0.2, -0.15) is 13.2 Å². The summed E-state index contributed by atoms with van der Waals surface area (Å²) in [7, 11) is 0. The summed E-state index contributed by atoms with van der Waals surface area (Å²) in [6.07, 6.45) is -4.85. The molecule has 0 aliphatic heterocycles. The molecular weight excluding hydrogens is 370 g/mol. The lowest BCUT2D eigenvalue weighted by atomic mass is 10.1. The molecule has 24 heavy (non-hydrogen) atoms. The monoisotopic (exact) mass is 381 g/mol. The highest BCUT2D eigenvalue weighted by Crippen LogP contribution is 2.44. The Hall–Kier alpha value is -1.93. The Morgan fingerprint density at radius 2 is 2.00 bits per heavy atom. The maximum atomic E-state index is 13.0. The van der Waals surface area contributed by atoms with Crippen molar-refractivity contribution in [3.8, 4) is 11.6 Å². The van der Waals surface area contributed by atoms with Gasteiger partial charge in [-0.15, -0.1) is 5.10 Å². The lowest BCUT2D eigenvalue weighted by Crippen LogP contribution is -2.20. The number of carbonyl (C=O) groups excluding carboxylic acids is 1. The van der Waals surface area contributed by atoms with Crippen LogP contribution in [0.15, 0.2) is 12.1 Å². The smallest absolute Gasteiger partial charge is 0.417 e. The van der Waals surface area contributed by atoms with Crippen molar-refractivity contribution in [2.75, 3.05) is 0 Å². The van der Waals surface area contributed by atoms with E-state index in [1.165, 1.54) is 0 Å². The minimum Gasteiger partial charge on any atom is -0.434 e. The van der Waals surface area contributed by atoms with E-state index in [2.05, 4.69) is 5.10 Å². The Kier molecular flexibility index (Phi) is 5.00. The molecule has 0 bridgehead atoms. The topological polar surface area (TPSA) is 70.1 Å². The molecule has 0 aliphatic rings. The Balaban J connectivity index is 2.58. The maximum absolute atomic E-state index is 13.0. The highest BCUT2D eigenvalue weighted by atomic mass is 35.5. The van der Waals surface area contributed by atoms with Gasteiger partial charge in [0, 0.05) is 18.3 Å². The standard InChI is InChI=1S/C14H12Cl2F3N3O2/c1-3-22-6(2)4-9(21-22)24-12-8(15)5-7(14(17,18)19)10(11(12)16)13(20)23/h4-5H,3H2,1-2H3,(H2,20,23). The molecule has 5 nitrogen and oxygen atoms in total. The molecule has 0 fully saturated rings. The summed E-state index contributed by atoms with van der Waals surface area (Å²) < 4.78 is 46.1. The molecule has 2 N–H and O–H groups in total. The first kappa shape index (κ1) is 18.4. The second-order valence-corrected chi connectivity index (χ2v) is 5.61. The van der Waals surface area contributed by atoms with Gasteiger partial charge in [0.25, 0.3) is 5.91 Å². The first-order chi connectivity index (χ1) is 11.1. The molecule has 1 amide bonds. The molecule has 1 aromatic heterocycles. The van der Waals surface area contributed by atoms with E-state index in [-0.39, 0.29) is 11.6 Å². The van der Waals surface area contributed by atoms with Crippen LogP contribution in [0.2, 0.25) is 10.0 Å². The van der Waals surface area contributed by atoms with Crippen molar-refractivity contribution in [1.82, 2.24) is 9.78 Å². The average Bonchev–Trinajstić information content (AvgIpc) is 2.81. The molecule has 2 aromatic rings. The Morgan fingerprint density at radius 1 is 1.38 bits per heavy atom. The van der Waals surface area contributed by atoms with Crippen LogP contribution in [0.3, 0.4) is 0 Å². The van der Waals surface area contributed by atoms with Gasteiger partial charge in [-0.05, 0) is 19.9 Å². The van der Waals surface area contributed by atoms with Gasteiger partial charge in [0.15, 0.2) is 5.75 Å². The number of primary amides is 1. The molecule has 2 rings (SSSR count). The van der Waals surface area contributed by atoms with E-state index in [9.17, 15) is 18.0 Å². The van der Waals surface area contributed by atoms with Gasteiger partial charge >= 0.3 is 6.18 Å². The predicted octanol–water partition coefficient (Wildman–Crippen LogP) is 4.43. The third kappa shape index (κ3) is 3.44. The molecule has 1 heterocycles. The fourth-order valence-corrected chi connectivity index (χ4v) is 2.74. The van der Waals surface area contributed by atoms with Crippen molar-refractivity contribution in [3.63, 3.8) is 0 Å². The largest absolute Gasteiger partial charge is 0.434 e. The van der Waals surface area contributed by atoms with Crippen LogP contribution in [0.1, 0.15) is 28.5 Å². The fourth-order valence-electron chi connectivity index (χ4n) is 2.11. The SMILES string of the molecule is CCn1nc(Oc2c(Cl)cc(C(F)(F)F)c(C(N)=O)c2Cl)cc1C. The first-order valence-corrected chi connectivity index (χ1v) is 7.43. The number of rotatable bonds is 4. The quantitative estimate of drug-likeness (QED) is 0.851. The molecule has 130 valence electrons. The lowest BCUT2D eigenvalue weighted by molar-refractivity contribution is -0.137. The number of ether oxygens (including phenoxy) is 1. The van der Waals surface area contributed by atoms with Crippen LogP contribution >= 0.6 is 23.2 Å². The van der Waals surface area contributed by atoms with Gasteiger partial charge in [0.2, 0.25) is 5.88 Å². The van der Waals surface area contributed by atoms with E-state index in [1.54, 1.807) is 17.7 Å². The molecule has 0 saturated carbocycles. The summed E-state index contributed by atoms with van der Waals surface area (Å²) in [4.78, 5) is 11.4. The lowest BCUT2D eigenvalue weighted by Gasteiger charge is -2.16. The average molecular weight is 382 g/mol. The zero-order valence-electron chi connectivity index (χ0n) is 12.5. The minimum atomic E-state index is -4.85. The van der Waals surface area contributed by atoms with E-state index < -0.39 is 33.3 Å². The molecule has 0 atom stereocenters. The Bertz CT molecular complexity index is 804. The molecular formula is C14H12Cl2F3N3O2. The summed E-state index contributed by atoms with van der Waals surface area (Å²) >= 11 is 11.8. The van der Waals surface area contributed by atoms with E-state index in [0.717, 1.165) is 5.69 Å². The zero-order valence-corrected chi connectivity index (χ0v) is 14.1. The van der Waals surface area contributed by atoms with Crippen LogP contribution < -0.4 is 10.5 Å². The van der Waals surface area contributed by atoms with Crippen LogP contribution in [-0.2, 0) is 12.7 Å². The van der Waals surface area contributed by atoms with Gasteiger partial charge in [-0.3, -0.25) is 9.48 Å². The van der Waals surface area contributed by atoms with Gasteiger partial charge in [-0.1, -0.05) is 23.2 Å². The van der Waals surface area contributed by atoms with Gasteiger partial charge in [0.1, 0.15) is 0 Å². The second kappa shape index (κ2) is 6.52. The zero-order chi connectivity index (χ0) is 18.2. The third-order valence-electron chi connectivity index (χ3n) is 3.19. The number of aromatic nitrogens is 2. The number of nitrogens with zero attached hydrogens (tertiary/aromatic N) is 2. The highest BCUT2D eigenvalue weighted by Gasteiger charge is 2.38. The van der Waals surface area contributed by atoms with Gasteiger partial charge in [-0.25, -0.2) is 0 Å². The number of amides is 1. The number of carbonyl (C=O) groups is 1. The molecule has 0 aliphatic carbocycles. The number of hydrogen-bond donors (Lipinski definition) is 1. The van der Waals surface area contributed by atoms with E-state index in [4.69, 9.17) is 33.7 Å². The third-order valence-corrected chi connectivity index (χ3v) is 3.83. The number of halogens is 5. The summed E-state index contributed by atoms with van der Waals surface area (Å²) in [5.74, 6) is -1.58. The summed E-state index contributed by atoms with van der Waals surface area (Å²) in [5, 5.41) is 3.06. The van der Waals surface area contributed by atoms with Crippen molar-refractivity contribution in [3.05, 3.63) is 39.0 Å². The van der Waals surface area contributed by atoms with Gasteiger partial charge in [0.05, 0.1) is 21.2 Å². The molecule has 1 aromatic carbocycles. The maximum Gasteiger partial charge on any atom is 0.417 e. The van der Waals surface area contributed by atoms with Crippen molar-refractivity contribution >= 4 is 29.1 Å². The van der Waals surface area contributed by atoms with E-state index in [1.807, 2.05) is 6.92 Å². The molecule has 0 unspecified atom stereocenters. The normalized spacial score (nSPS) is 11.6. The van der Waals surface area contributed by atoms with Gasteiger partial charge < -0.3 is 10.5 Å².